The molecule has 0 bridgehead atoms. The van der Waals surface area contributed by atoms with Crippen LogP contribution < -0.4 is 5.73 Å². The molecule has 3 aromatic rings. The molecule has 2 nitrogen and oxygen atoms in total. The van der Waals surface area contributed by atoms with E-state index in [0.717, 1.165) is 33.4 Å². The summed E-state index contributed by atoms with van der Waals surface area (Å²) in [6.07, 6.45) is 0. The van der Waals surface area contributed by atoms with Gasteiger partial charge in [-0.05, 0) is 31.0 Å². The van der Waals surface area contributed by atoms with Crippen LogP contribution in [0, 0.1) is 13.8 Å². The first-order valence-corrected chi connectivity index (χ1v) is 6.39. The summed E-state index contributed by atoms with van der Waals surface area (Å²) in [6.45, 7) is 4.14. The maximum Gasteiger partial charge on any atom is 0.0762 e. The summed E-state index contributed by atoms with van der Waals surface area (Å²) >= 11 is 0. The second-order valence-electron chi connectivity index (χ2n) is 4.83. The Kier molecular flexibility index (Phi) is 2.71. The lowest BCUT2D eigenvalue weighted by molar-refractivity contribution is 1.31. The second kappa shape index (κ2) is 4.39. The first-order valence-electron chi connectivity index (χ1n) is 6.39. The van der Waals surface area contributed by atoms with E-state index >= 15 is 0 Å². The van der Waals surface area contributed by atoms with Crippen molar-refractivity contribution < 1.29 is 0 Å². The van der Waals surface area contributed by atoms with Gasteiger partial charge in [-0.2, -0.15) is 0 Å². The van der Waals surface area contributed by atoms with E-state index in [9.17, 15) is 0 Å². The van der Waals surface area contributed by atoms with Crippen LogP contribution in [0.4, 0.5) is 5.69 Å². The van der Waals surface area contributed by atoms with Crippen LogP contribution in [0.5, 0.6) is 0 Å². The van der Waals surface area contributed by atoms with Crippen LogP contribution in [0.3, 0.4) is 0 Å². The molecule has 19 heavy (non-hydrogen) atoms. The molecule has 0 aliphatic carbocycles. The van der Waals surface area contributed by atoms with E-state index < -0.39 is 0 Å². The van der Waals surface area contributed by atoms with Crippen molar-refractivity contribution in [2.24, 2.45) is 0 Å². The number of pyridine rings is 1. The highest BCUT2D eigenvalue weighted by molar-refractivity contribution is 5.95. The fourth-order valence-corrected chi connectivity index (χ4v) is 2.43. The predicted octanol–water partition coefficient (Wildman–Crippen LogP) is 4.10. The fraction of sp³-hybridized carbons (Fsp3) is 0.118. The van der Waals surface area contributed by atoms with Gasteiger partial charge in [-0.15, -0.1) is 0 Å². The number of anilines is 1. The molecule has 2 aromatic carbocycles. The highest BCUT2D eigenvalue weighted by Gasteiger charge is 2.11. The molecule has 1 aromatic heterocycles. The van der Waals surface area contributed by atoms with Crippen molar-refractivity contribution in [3.63, 3.8) is 0 Å². The zero-order valence-electron chi connectivity index (χ0n) is 11.1. The normalized spacial score (nSPS) is 10.8. The van der Waals surface area contributed by atoms with Crippen molar-refractivity contribution in [3.8, 4) is 11.3 Å². The summed E-state index contributed by atoms with van der Waals surface area (Å²) < 4.78 is 0. The number of benzene rings is 2. The second-order valence-corrected chi connectivity index (χ2v) is 4.83. The zero-order valence-corrected chi connectivity index (χ0v) is 11.1. The van der Waals surface area contributed by atoms with Crippen LogP contribution in [0.2, 0.25) is 0 Å². The molecular formula is C17H16N2. The first-order chi connectivity index (χ1) is 9.18. The fourth-order valence-electron chi connectivity index (χ4n) is 2.43. The molecule has 3 rings (SSSR count). The van der Waals surface area contributed by atoms with E-state index in [0.29, 0.717) is 0 Å². The minimum atomic E-state index is 0.823. The van der Waals surface area contributed by atoms with Gasteiger partial charge in [0.05, 0.1) is 11.2 Å². The van der Waals surface area contributed by atoms with E-state index in [2.05, 4.69) is 19.1 Å². The van der Waals surface area contributed by atoms with Crippen LogP contribution in [0.1, 0.15) is 11.1 Å². The van der Waals surface area contributed by atoms with Gasteiger partial charge in [-0.25, -0.2) is 4.98 Å². The van der Waals surface area contributed by atoms with Crippen molar-refractivity contribution in [3.05, 3.63) is 59.7 Å². The van der Waals surface area contributed by atoms with Crippen molar-refractivity contribution in [1.29, 1.82) is 0 Å². The molecule has 0 unspecified atom stereocenters. The molecule has 0 saturated heterocycles. The third-order valence-corrected chi connectivity index (χ3v) is 3.59. The third-order valence-electron chi connectivity index (χ3n) is 3.59. The minimum absolute atomic E-state index is 0.823. The lowest BCUT2D eigenvalue weighted by Gasteiger charge is -2.13. The van der Waals surface area contributed by atoms with Crippen LogP contribution >= 0.6 is 0 Å². The molecule has 1 heterocycles. The Balaban J connectivity index is 2.37. The number of fused-ring (bicyclic) bond motifs is 1. The SMILES string of the molecule is Cc1ccccc1-c1nc2ccccc2c(N)c1C. The summed E-state index contributed by atoms with van der Waals surface area (Å²) in [5, 5.41) is 1.03. The Bertz CT molecular complexity index is 760. The number of nitrogens with zero attached hydrogens (tertiary/aromatic N) is 1. The molecule has 94 valence electrons. The molecule has 0 aliphatic rings. The summed E-state index contributed by atoms with van der Waals surface area (Å²) in [6, 6.07) is 16.3. The van der Waals surface area contributed by atoms with Gasteiger partial charge in [0.15, 0.2) is 0 Å². The molecule has 2 N–H and O–H groups in total. The molecule has 2 heteroatoms. The quantitative estimate of drug-likeness (QED) is 0.704. The first kappa shape index (κ1) is 11.7. The molecule has 0 atom stereocenters. The van der Waals surface area contributed by atoms with Crippen LogP contribution in [-0.4, -0.2) is 4.98 Å². The number of rotatable bonds is 1. The summed E-state index contributed by atoms with van der Waals surface area (Å²) in [7, 11) is 0. The van der Waals surface area contributed by atoms with Gasteiger partial charge in [0, 0.05) is 16.6 Å². The van der Waals surface area contributed by atoms with E-state index in [-0.39, 0.29) is 0 Å². The lowest BCUT2D eigenvalue weighted by atomic mass is 9.99. The van der Waals surface area contributed by atoms with E-state index in [1.807, 2.05) is 43.3 Å². The maximum absolute atomic E-state index is 6.27. The van der Waals surface area contributed by atoms with Gasteiger partial charge in [0.2, 0.25) is 0 Å². The predicted molar refractivity (Wildman–Crippen MR) is 81.1 cm³/mol. The number of hydrogen-bond acceptors (Lipinski definition) is 2. The van der Waals surface area contributed by atoms with Crippen molar-refractivity contribution in [1.82, 2.24) is 4.98 Å². The van der Waals surface area contributed by atoms with Crippen LogP contribution in [0.25, 0.3) is 22.2 Å². The minimum Gasteiger partial charge on any atom is -0.398 e. The van der Waals surface area contributed by atoms with Gasteiger partial charge < -0.3 is 5.73 Å². The number of nitrogens with two attached hydrogens (primary N) is 1. The zero-order chi connectivity index (χ0) is 13.4. The van der Waals surface area contributed by atoms with Crippen LogP contribution in [0.15, 0.2) is 48.5 Å². The molecule has 0 fully saturated rings. The topological polar surface area (TPSA) is 38.9 Å². The van der Waals surface area contributed by atoms with E-state index in [1.165, 1.54) is 5.56 Å². The maximum atomic E-state index is 6.27. The number of aryl methyl sites for hydroxylation is 1. The Morgan fingerprint density at radius 1 is 0.895 bits per heavy atom. The molecule has 0 saturated carbocycles. The number of hydrogen-bond donors (Lipinski definition) is 1. The van der Waals surface area contributed by atoms with Gasteiger partial charge >= 0.3 is 0 Å². The van der Waals surface area contributed by atoms with Gasteiger partial charge in [0.1, 0.15) is 0 Å². The van der Waals surface area contributed by atoms with Crippen molar-refractivity contribution in [2.75, 3.05) is 5.73 Å². The number of para-hydroxylation sites is 1. The van der Waals surface area contributed by atoms with Crippen molar-refractivity contribution in [2.45, 2.75) is 13.8 Å². The molecule has 0 amide bonds. The Morgan fingerprint density at radius 3 is 2.37 bits per heavy atom. The Hall–Kier alpha value is -2.35. The summed E-state index contributed by atoms with van der Waals surface area (Å²) in [5.74, 6) is 0. The Labute approximate surface area is 112 Å². The Morgan fingerprint density at radius 2 is 1.58 bits per heavy atom. The average Bonchev–Trinajstić information content (AvgIpc) is 2.44. The van der Waals surface area contributed by atoms with E-state index in [1.54, 1.807) is 0 Å². The smallest absolute Gasteiger partial charge is 0.0762 e. The number of nitrogen functional groups attached to an aromatic ring is 1. The third kappa shape index (κ3) is 1.85. The average molecular weight is 248 g/mol. The van der Waals surface area contributed by atoms with Gasteiger partial charge in [0.25, 0.3) is 0 Å². The monoisotopic (exact) mass is 248 g/mol. The highest BCUT2D eigenvalue weighted by atomic mass is 14.7. The van der Waals surface area contributed by atoms with Crippen molar-refractivity contribution >= 4 is 16.6 Å². The molecule has 0 aliphatic heterocycles. The number of aromatic nitrogens is 1. The van der Waals surface area contributed by atoms with Gasteiger partial charge in [-0.3, -0.25) is 0 Å². The summed E-state index contributed by atoms with van der Waals surface area (Å²) in [4.78, 5) is 4.79. The standard InChI is InChI=1S/C17H16N2/c1-11-7-3-4-8-13(11)17-12(2)16(18)14-9-5-6-10-15(14)19-17/h3-10H,1-2H3,(H2,18,19). The van der Waals surface area contributed by atoms with Crippen LogP contribution in [-0.2, 0) is 0 Å². The molecular weight excluding hydrogens is 232 g/mol. The van der Waals surface area contributed by atoms with E-state index in [4.69, 9.17) is 10.7 Å². The molecule has 0 spiro atoms. The van der Waals surface area contributed by atoms with Gasteiger partial charge in [-0.1, -0.05) is 42.5 Å². The largest absolute Gasteiger partial charge is 0.398 e. The highest BCUT2D eigenvalue weighted by Crippen LogP contribution is 2.32. The lowest BCUT2D eigenvalue weighted by Crippen LogP contribution is -1.98. The summed E-state index contributed by atoms with van der Waals surface area (Å²) in [5.41, 5.74) is 12.4. The molecule has 0 radical (unpaired) electrons.